The summed E-state index contributed by atoms with van der Waals surface area (Å²) in [5.41, 5.74) is 0.0616. The summed E-state index contributed by atoms with van der Waals surface area (Å²) in [7, 11) is 0. The van der Waals surface area contributed by atoms with Crippen LogP contribution in [0.3, 0.4) is 0 Å². The van der Waals surface area contributed by atoms with Crippen LogP contribution < -0.4 is 16.0 Å². The molecule has 0 aromatic heterocycles. The van der Waals surface area contributed by atoms with Gasteiger partial charge in [-0.15, -0.1) is 0 Å². The first-order chi connectivity index (χ1) is 24.6. The Labute approximate surface area is 305 Å². The second kappa shape index (κ2) is 21.6. The van der Waals surface area contributed by atoms with Gasteiger partial charge >= 0.3 is 12.0 Å². The van der Waals surface area contributed by atoms with Crippen molar-refractivity contribution >= 4 is 17.9 Å². The lowest BCUT2D eigenvalue weighted by molar-refractivity contribution is -0.290. The highest BCUT2D eigenvalue weighted by atomic mass is 16.7. The Bertz CT molecular complexity index is 1020. The first-order valence-corrected chi connectivity index (χ1v) is 20.5. The fourth-order valence-corrected chi connectivity index (χ4v) is 9.47. The van der Waals surface area contributed by atoms with Crippen LogP contribution in [0.4, 0.5) is 4.79 Å². The summed E-state index contributed by atoms with van der Waals surface area (Å²) in [6.45, 7) is 2.24. The third-order valence-electron chi connectivity index (χ3n) is 11.8. The highest BCUT2D eigenvalue weighted by molar-refractivity contribution is 5.84. The van der Waals surface area contributed by atoms with Gasteiger partial charge in [-0.2, -0.15) is 0 Å². The summed E-state index contributed by atoms with van der Waals surface area (Å²) in [5, 5.41) is 49.1. The quantitative estimate of drug-likeness (QED) is 0.0546. The molecule has 7 N–H and O–H groups in total. The van der Waals surface area contributed by atoms with E-state index in [0.717, 1.165) is 108 Å². The molecule has 1 unspecified atom stereocenters. The molecule has 4 bridgehead atoms. The number of urea groups is 1. The van der Waals surface area contributed by atoms with E-state index < -0.39 is 49.3 Å². The summed E-state index contributed by atoms with van der Waals surface area (Å²) < 4.78 is 10.6. The average Bonchev–Trinajstić information content (AvgIpc) is 3.08. The third kappa shape index (κ3) is 13.4. The van der Waals surface area contributed by atoms with Gasteiger partial charge in [0.25, 0.3) is 0 Å². The van der Waals surface area contributed by atoms with Crippen molar-refractivity contribution in [2.45, 2.75) is 197 Å². The Balaban J connectivity index is 1.04. The molecule has 3 amide bonds. The normalized spacial score (nSPS) is 31.6. The molecular weight excluding hydrogens is 654 g/mol. The van der Waals surface area contributed by atoms with Crippen LogP contribution in [-0.2, 0) is 19.1 Å². The SMILES string of the molecule is CCCCCCCCC(NC(=O)CCCCCCCCCCCNC(=O)NC12CC3CC(CC(C3)C1)C2)C(=O)O[C@H]1[C@H](O)[C@@H](O)[C@@H](O)O[C@@H]1CO. The summed E-state index contributed by atoms with van der Waals surface area (Å²) in [4.78, 5) is 38.6. The number of hydrogen-bond acceptors (Lipinski definition) is 9. The molecule has 0 radical (unpaired) electrons. The molecular formula is C39H69N3O9. The molecule has 51 heavy (non-hydrogen) atoms. The van der Waals surface area contributed by atoms with E-state index in [1.165, 1.54) is 38.5 Å². The molecule has 5 aliphatic rings. The number of ether oxygens (including phenoxy) is 2. The van der Waals surface area contributed by atoms with Crippen LogP contribution in [0, 0.1) is 17.8 Å². The smallest absolute Gasteiger partial charge is 0.329 e. The summed E-state index contributed by atoms with van der Waals surface area (Å²) in [5.74, 6) is 1.47. The van der Waals surface area contributed by atoms with E-state index in [-0.39, 0.29) is 17.5 Å². The summed E-state index contributed by atoms with van der Waals surface area (Å²) in [6.07, 6.45) is 16.1. The van der Waals surface area contributed by atoms with Crippen molar-refractivity contribution in [1.82, 2.24) is 16.0 Å². The van der Waals surface area contributed by atoms with Crippen LogP contribution in [0.15, 0.2) is 0 Å². The molecule has 12 heteroatoms. The Morgan fingerprint density at radius 3 is 1.90 bits per heavy atom. The molecule has 294 valence electrons. The van der Waals surface area contributed by atoms with Crippen molar-refractivity contribution in [2.75, 3.05) is 13.2 Å². The second-order valence-electron chi connectivity index (χ2n) is 16.3. The molecule has 6 atom stereocenters. The number of esters is 1. The van der Waals surface area contributed by atoms with Gasteiger partial charge in [-0.05, 0) is 75.5 Å². The highest BCUT2D eigenvalue weighted by Gasteiger charge is 2.51. The number of hydrogen-bond donors (Lipinski definition) is 7. The molecule has 5 rings (SSSR count). The third-order valence-corrected chi connectivity index (χ3v) is 11.8. The van der Waals surface area contributed by atoms with E-state index >= 15 is 0 Å². The van der Waals surface area contributed by atoms with Crippen LogP contribution in [0.5, 0.6) is 0 Å². The molecule has 1 saturated heterocycles. The largest absolute Gasteiger partial charge is 0.455 e. The number of unbranched alkanes of at least 4 members (excludes halogenated alkanes) is 13. The Hall–Kier alpha value is -1.99. The van der Waals surface area contributed by atoms with Crippen molar-refractivity contribution in [1.29, 1.82) is 0 Å². The standard InChI is InChI=1S/C39H69N3O9/c1-2-3-4-5-11-14-17-30(36(47)51-35-31(26-43)50-37(48)34(46)33(35)45)41-32(44)18-15-12-9-7-6-8-10-13-16-19-40-38(49)42-39-23-27-20-28(24-39)22-29(21-27)25-39/h27-31,33-35,37,43,45-46,48H,2-26H2,1H3,(H,41,44)(H2,40,42,49)/t27?,28?,29?,30?,31-,33-,34-,35-,37+,39?/m1/s1. The summed E-state index contributed by atoms with van der Waals surface area (Å²) in [6, 6.07) is -0.905. The van der Waals surface area contributed by atoms with Crippen molar-refractivity contribution in [3.05, 3.63) is 0 Å². The minimum absolute atomic E-state index is 0.0201. The maximum atomic E-state index is 13.2. The van der Waals surface area contributed by atoms with Gasteiger partial charge in [-0.25, -0.2) is 9.59 Å². The predicted molar refractivity (Wildman–Crippen MR) is 193 cm³/mol. The van der Waals surface area contributed by atoms with Gasteiger partial charge < -0.3 is 45.9 Å². The van der Waals surface area contributed by atoms with Gasteiger partial charge in [0.05, 0.1) is 6.61 Å². The molecule has 1 heterocycles. The first kappa shape index (κ1) is 41.8. The van der Waals surface area contributed by atoms with Gasteiger partial charge in [-0.1, -0.05) is 90.4 Å². The van der Waals surface area contributed by atoms with Gasteiger partial charge in [-0.3, -0.25) is 4.79 Å². The molecule has 0 aromatic rings. The fourth-order valence-electron chi connectivity index (χ4n) is 9.47. The molecule has 4 saturated carbocycles. The van der Waals surface area contributed by atoms with E-state index in [1.807, 2.05) is 0 Å². The molecule has 0 spiro atoms. The number of nitrogens with one attached hydrogen (secondary N) is 3. The van der Waals surface area contributed by atoms with Crippen molar-refractivity contribution in [2.24, 2.45) is 17.8 Å². The van der Waals surface area contributed by atoms with Gasteiger partial charge in [0.2, 0.25) is 5.91 Å². The van der Waals surface area contributed by atoms with Gasteiger partial charge in [0.1, 0.15) is 24.4 Å². The first-order valence-electron chi connectivity index (χ1n) is 20.5. The zero-order chi connectivity index (χ0) is 36.6. The number of aliphatic hydroxyl groups is 4. The zero-order valence-corrected chi connectivity index (χ0v) is 31.2. The molecule has 0 aromatic carbocycles. The minimum atomic E-state index is -1.71. The highest BCUT2D eigenvalue weighted by Crippen LogP contribution is 2.55. The Morgan fingerprint density at radius 2 is 1.31 bits per heavy atom. The Kier molecular flexibility index (Phi) is 17.7. The number of amides is 3. The molecule has 4 aliphatic carbocycles. The summed E-state index contributed by atoms with van der Waals surface area (Å²) >= 11 is 0. The average molecular weight is 724 g/mol. The van der Waals surface area contributed by atoms with E-state index in [1.54, 1.807) is 0 Å². The topological polar surface area (TPSA) is 187 Å². The van der Waals surface area contributed by atoms with Crippen LogP contribution in [0.25, 0.3) is 0 Å². The molecule has 12 nitrogen and oxygen atoms in total. The number of aliphatic hydroxyl groups excluding tert-OH is 4. The van der Waals surface area contributed by atoms with E-state index in [4.69, 9.17) is 9.47 Å². The van der Waals surface area contributed by atoms with Gasteiger partial charge in [0, 0.05) is 18.5 Å². The number of rotatable bonds is 24. The van der Waals surface area contributed by atoms with Crippen molar-refractivity contribution < 1.29 is 44.3 Å². The lowest BCUT2D eigenvalue weighted by Gasteiger charge is -2.56. The Morgan fingerprint density at radius 1 is 0.765 bits per heavy atom. The van der Waals surface area contributed by atoms with Crippen LogP contribution in [0.1, 0.15) is 155 Å². The molecule has 5 fully saturated rings. The zero-order valence-electron chi connectivity index (χ0n) is 31.2. The van der Waals surface area contributed by atoms with E-state index in [9.17, 15) is 34.8 Å². The van der Waals surface area contributed by atoms with Crippen molar-refractivity contribution in [3.63, 3.8) is 0 Å². The molecule has 1 aliphatic heterocycles. The predicted octanol–water partition coefficient (Wildman–Crippen LogP) is 4.73. The number of carbonyl (C=O) groups is 3. The van der Waals surface area contributed by atoms with Crippen molar-refractivity contribution in [3.8, 4) is 0 Å². The number of carbonyl (C=O) groups excluding carboxylic acids is 3. The van der Waals surface area contributed by atoms with E-state index in [0.29, 0.717) is 25.7 Å². The van der Waals surface area contributed by atoms with Crippen LogP contribution in [-0.4, -0.2) is 93.8 Å². The van der Waals surface area contributed by atoms with Crippen LogP contribution in [0.2, 0.25) is 0 Å². The maximum Gasteiger partial charge on any atom is 0.329 e. The van der Waals surface area contributed by atoms with E-state index in [2.05, 4.69) is 22.9 Å². The van der Waals surface area contributed by atoms with Crippen LogP contribution >= 0.6 is 0 Å². The lowest BCUT2D eigenvalue weighted by atomic mass is 9.53. The van der Waals surface area contributed by atoms with Gasteiger partial charge in [0.15, 0.2) is 12.4 Å². The fraction of sp³-hybridized carbons (Fsp3) is 0.923. The maximum absolute atomic E-state index is 13.2. The second-order valence-corrected chi connectivity index (χ2v) is 16.3. The lowest BCUT2D eigenvalue weighted by Crippen LogP contribution is -2.61. The minimum Gasteiger partial charge on any atom is -0.455 e. The monoisotopic (exact) mass is 724 g/mol.